The average molecular weight is 443 g/mol. The van der Waals surface area contributed by atoms with Gasteiger partial charge in [-0.1, -0.05) is 72.8 Å². The molecule has 1 aliphatic rings. The SMILES string of the molecule is COc1cccc(CC(=O)NC2CCN(CCC(c3ccccc3)c3ccccc3)CC2)c1. The quantitative estimate of drug-likeness (QED) is 0.505. The van der Waals surface area contributed by atoms with Crippen molar-refractivity contribution >= 4 is 5.91 Å². The zero-order valence-corrected chi connectivity index (χ0v) is 19.5. The van der Waals surface area contributed by atoms with E-state index in [1.165, 1.54) is 11.1 Å². The molecule has 0 saturated carbocycles. The lowest BCUT2D eigenvalue weighted by molar-refractivity contribution is -0.121. The van der Waals surface area contributed by atoms with E-state index in [2.05, 4.69) is 70.9 Å². The van der Waals surface area contributed by atoms with Gasteiger partial charge in [-0.05, 0) is 54.6 Å². The molecule has 1 fully saturated rings. The standard InChI is InChI=1S/C29H34N2O2/c1-33-27-14-8-9-23(21-27)22-29(32)30-26-15-18-31(19-16-26)20-17-28(24-10-4-2-5-11-24)25-12-6-3-7-13-25/h2-14,21,26,28H,15-20,22H2,1H3,(H,30,32). The first-order valence-corrected chi connectivity index (χ1v) is 12.0. The van der Waals surface area contributed by atoms with Gasteiger partial charge in [0.05, 0.1) is 13.5 Å². The summed E-state index contributed by atoms with van der Waals surface area (Å²) >= 11 is 0. The molecule has 1 heterocycles. The summed E-state index contributed by atoms with van der Waals surface area (Å²) in [5, 5.41) is 3.24. The highest BCUT2D eigenvalue weighted by atomic mass is 16.5. The maximum atomic E-state index is 12.5. The van der Waals surface area contributed by atoms with Crippen molar-refractivity contribution in [1.82, 2.24) is 10.2 Å². The summed E-state index contributed by atoms with van der Waals surface area (Å²) < 4.78 is 5.26. The number of ether oxygens (including phenoxy) is 1. The van der Waals surface area contributed by atoms with E-state index < -0.39 is 0 Å². The van der Waals surface area contributed by atoms with E-state index in [0.717, 1.165) is 50.2 Å². The van der Waals surface area contributed by atoms with Crippen LogP contribution in [0.1, 0.15) is 41.9 Å². The molecule has 0 radical (unpaired) electrons. The second kappa shape index (κ2) is 11.7. The fourth-order valence-electron chi connectivity index (χ4n) is 4.76. The number of hydrogen-bond donors (Lipinski definition) is 1. The lowest BCUT2D eigenvalue weighted by atomic mass is 9.88. The maximum Gasteiger partial charge on any atom is 0.224 e. The molecule has 4 nitrogen and oxygen atoms in total. The van der Waals surface area contributed by atoms with Crippen LogP contribution in [-0.2, 0) is 11.2 Å². The fraction of sp³-hybridized carbons (Fsp3) is 0.345. The second-order valence-corrected chi connectivity index (χ2v) is 8.87. The van der Waals surface area contributed by atoms with Crippen molar-refractivity contribution in [3.8, 4) is 5.75 Å². The van der Waals surface area contributed by atoms with Gasteiger partial charge in [-0.2, -0.15) is 0 Å². The Morgan fingerprint density at radius 1 is 0.939 bits per heavy atom. The van der Waals surface area contributed by atoms with Crippen LogP contribution in [-0.4, -0.2) is 43.6 Å². The summed E-state index contributed by atoms with van der Waals surface area (Å²) in [4.78, 5) is 15.1. The number of nitrogens with zero attached hydrogens (tertiary/aromatic N) is 1. The molecule has 172 valence electrons. The summed E-state index contributed by atoms with van der Waals surface area (Å²) in [5.74, 6) is 1.29. The van der Waals surface area contributed by atoms with E-state index in [1.54, 1.807) is 7.11 Å². The topological polar surface area (TPSA) is 41.6 Å². The minimum absolute atomic E-state index is 0.0925. The van der Waals surface area contributed by atoms with Crippen molar-refractivity contribution in [3.05, 3.63) is 102 Å². The lowest BCUT2D eigenvalue weighted by Crippen LogP contribution is -2.45. The molecule has 0 unspecified atom stereocenters. The third kappa shape index (κ3) is 6.69. The van der Waals surface area contributed by atoms with Gasteiger partial charge in [0, 0.05) is 25.0 Å². The van der Waals surface area contributed by atoms with Crippen molar-refractivity contribution in [3.63, 3.8) is 0 Å². The molecular formula is C29H34N2O2. The first kappa shape index (κ1) is 23.1. The Balaban J connectivity index is 1.26. The van der Waals surface area contributed by atoms with Crippen molar-refractivity contribution in [2.45, 2.75) is 37.6 Å². The summed E-state index contributed by atoms with van der Waals surface area (Å²) in [6, 6.07) is 29.6. The van der Waals surface area contributed by atoms with Crippen LogP contribution in [0.15, 0.2) is 84.9 Å². The van der Waals surface area contributed by atoms with Crippen molar-refractivity contribution in [1.29, 1.82) is 0 Å². The van der Waals surface area contributed by atoms with Crippen LogP contribution >= 0.6 is 0 Å². The van der Waals surface area contributed by atoms with Crippen LogP contribution in [0, 0.1) is 0 Å². The van der Waals surface area contributed by atoms with Crippen LogP contribution in [0.2, 0.25) is 0 Å². The van der Waals surface area contributed by atoms with Crippen LogP contribution < -0.4 is 10.1 Å². The second-order valence-electron chi connectivity index (χ2n) is 8.87. The highest BCUT2D eigenvalue weighted by Gasteiger charge is 2.22. The number of carbonyl (C=O) groups is 1. The van der Waals surface area contributed by atoms with Gasteiger partial charge in [0.25, 0.3) is 0 Å². The largest absolute Gasteiger partial charge is 0.497 e. The third-order valence-corrected chi connectivity index (χ3v) is 6.59. The number of hydrogen-bond acceptors (Lipinski definition) is 3. The lowest BCUT2D eigenvalue weighted by Gasteiger charge is -2.33. The minimum Gasteiger partial charge on any atom is -0.497 e. The number of rotatable bonds is 9. The molecule has 4 heteroatoms. The van der Waals surface area contributed by atoms with Crippen molar-refractivity contribution < 1.29 is 9.53 Å². The van der Waals surface area contributed by atoms with Gasteiger partial charge >= 0.3 is 0 Å². The van der Waals surface area contributed by atoms with E-state index in [0.29, 0.717) is 12.3 Å². The van der Waals surface area contributed by atoms with Gasteiger partial charge < -0.3 is 15.0 Å². The number of carbonyl (C=O) groups excluding carboxylic acids is 1. The highest BCUT2D eigenvalue weighted by Crippen LogP contribution is 2.28. The predicted octanol–water partition coefficient (Wildman–Crippen LogP) is 5.04. The Hall–Kier alpha value is -3.11. The Labute approximate surface area is 197 Å². The number of amides is 1. The van der Waals surface area contributed by atoms with Gasteiger partial charge in [-0.15, -0.1) is 0 Å². The van der Waals surface area contributed by atoms with Gasteiger partial charge in [0.2, 0.25) is 5.91 Å². The number of likely N-dealkylation sites (tertiary alicyclic amines) is 1. The smallest absolute Gasteiger partial charge is 0.224 e. The average Bonchev–Trinajstić information content (AvgIpc) is 2.86. The van der Waals surface area contributed by atoms with Crippen LogP contribution in [0.25, 0.3) is 0 Å². The Morgan fingerprint density at radius 2 is 1.58 bits per heavy atom. The zero-order valence-electron chi connectivity index (χ0n) is 19.5. The molecule has 4 rings (SSSR count). The van der Waals surface area contributed by atoms with Crippen LogP contribution in [0.3, 0.4) is 0 Å². The van der Waals surface area contributed by atoms with Crippen LogP contribution in [0.5, 0.6) is 5.75 Å². The maximum absolute atomic E-state index is 12.5. The molecule has 1 aliphatic heterocycles. The highest BCUT2D eigenvalue weighted by molar-refractivity contribution is 5.79. The first-order chi connectivity index (χ1) is 16.2. The third-order valence-electron chi connectivity index (χ3n) is 6.59. The molecule has 0 spiro atoms. The van der Waals surface area contributed by atoms with Crippen LogP contribution in [0.4, 0.5) is 0 Å². The zero-order chi connectivity index (χ0) is 22.9. The molecule has 1 N–H and O–H groups in total. The van der Waals surface area contributed by atoms with E-state index >= 15 is 0 Å². The van der Waals surface area contributed by atoms with E-state index in [1.807, 2.05) is 24.3 Å². The Morgan fingerprint density at radius 3 is 2.18 bits per heavy atom. The van der Waals surface area contributed by atoms with E-state index in [-0.39, 0.29) is 11.9 Å². The molecule has 1 saturated heterocycles. The van der Waals surface area contributed by atoms with Gasteiger partial charge in [0.15, 0.2) is 0 Å². The number of methoxy groups -OCH3 is 1. The number of benzene rings is 3. The normalized spacial score (nSPS) is 14.8. The van der Waals surface area contributed by atoms with Gasteiger partial charge in [-0.25, -0.2) is 0 Å². The molecule has 0 aliphatic carbocycles. The van der Waals surface area contributed by atoms with Crippen molar-refractivity contribution in [2.75, 3.05) is 26.7 Å². The van der Waals surface area contributed by atoms with E-state index in [9.17, 15) is 4.79 Å². The fourth-order valence-corrected chi connectivity index (χ4v) is 4.76. The minimum atomic E-state index is 0.0925. The monoisotopic (exact) mass is 442 g/mol. The Bertz CT molecular complexity index is 959. The first-order valence-electron chi connectivity index (χ1n) is 12.0. The summed E-state index contributed by atoms with van der Waals surface area (Å²) in [6.45, 7) is 3.12. The van der Waals surface area contributed by atoms with Crippen molar-refractivity contribution in [2.24, 2.45) is 0 Å². The number of nitrogens with one attached hydrogen (secondary N) is 1. The van der Waals surface area contributed by atoms with Gasteiger partial charge in [0.1, 0.15) is 5.75 Å². The molecule has 1 amide bonds. The summed E-state index contributed by atoms with van der Waals surface area (Å²) in [5.41, 5.74) is 3.74. The molecule has 33 heavy (non-hydrogen) atoms. The molecule has 0 aromatic heterocycles. The molecule has 0 bridgehead atoms. The predicted molar refractivity (Wildman–Crippen MR) is 134 cm³/mol. The summed E-state index contributed by atoms with van der Waals surface area (Å²) in [7, 11) is 1.65. The van der Waals surface area contributed by atoms with E-state index in [4.69, 9.17) is 4.74 Å². The molecule has 3 aromatic carbocycles. The molecule has 0 atom stereocenters. The van der Waals surface area contributed by atoms with Gasteiger partial charge in [-0.3, -0.25) is 4.79 Å². The molecule has 3 aromatic rings. The Kier molecular flexibility index (Phi) is 8.15. The summed E-state index contributed by atoms with van der Waals surface area (Å²) in [6.07, 6.45) is 3.50. The number of piperidine rings is 1. The molecular weight excluding hydrogens is 408 g/mol.